The Bertz CT molecular complexity index is 1140. The average molecular weight is 497 g/mol. The van der Waals surface area contributed by atoms with Gasteiger partial charge in [-0.3, -0.25) is 9.59 Å². The third-order valence-electron chi connectivity index (χ3n) is 6.27. The highest BCUT2D eigenvalue weighted by molar-refractivity contribution is 6.46. The van der Waals surface area contributed by atoms with Gasteiger partial charge < -0.3 is 29.1 Å². The average Bonchev–Trinajstić information content (AvgIpc) is 3.12. The van der Waals surface area contributed by atoms with Gasteiger partial charge in [-0.25, -0.2) is 0 Å². The molecular weight excluding hydrogens is 460 g/mol. The van der Waals surface area contributed by atoms with Gasteiger partial charge in [0.15, 0.2) is 0 Å². The summed E-state index contributed by atoms with van der Waals surface area (Å²) in [4.78, 5) is 29.9. The molecule has 0 spiro atoms. The molecule has 0 unspecified atom stereocenters. The lowest BCUT2D eigenvalue weighted by atomic mass is 9.94. The quantitative estimate of drug-likeness (QED) is 0.216. The number of ketones is 1. The molecule has 0 aromatic heterocycles. The first kappa shape index (κ1) is 27.1. The number of carbonyl (C=O) groups is 2. The Morgan fingerprint density at radius 1 is 1.06 bits per heavy atom. The summed E-state index contributed by atoms with van der Waals surface area (Å²) in [6, 6.07) is 9.66. The Hall–Kier alpha value is -3.52. The molecule has 2 aromatic rings. The van der Waals surface area contributed by atoms with Crippen molar-refractivity contribution < 1.29 is 28.9 Å². The molecule has 8 heteroatoms. The fourth-order valence-corrected chi connectivity index (χ4v) is 4.23. The number of hydrogen-bond acceptors (Lipinski definition) is 7. The van der Waals surface area contributed by atoms with E-state index < -0.39 is 17.7 Å². The number of unbranched alkanes of at least 4 members (excludes halogenated alkanes) is 1. The molecule has 1 aliphatic heterocycles. The number of rotatable bonds is 11. The van der Waals surface area contributed by atoms with E-state index in [-0.39, 0.29) is 11.3 Å². The molecule has 8 nitrogen and oxygen atoms in total. The van der Waals surface area contributed by atoms with Crippen LogP contribution in [0.15, 0.2) is 42.0 Å². The Morgan fingerprint density at radius 3 is 2.42 bits per heavy atom. The van der Waals surface area contributed by atoms with Crippen LogP contribution < -0.4 is 14.2 Å². The monoisotopic (exact) mass is 496 g/mol. The number of aliphatic hydroxyl groups excluding tert-OH is 1. The zero-order chi connectivity index (χ0) is 26.4. The number of likely N-dealkylation sites (tertiary alicyclic amines) is 1. The summed E-state index contributed by atoms with van der Waals surface area (Å²) in [6.07, 6.45) is 1.97. The highest BCUT2D eigenvalue weighted by atomic mass is 16.5. The van der Waals surface area contributed by atoms with E-state index in [1.54, 1.807) is 43.5 Å². The molecule has 194 valence electrons. The summed E-state index contributed by atoms with van der Waals surface area (Å²) in [5.41, 5.74) is 1.89. The first-order valence-corrected chi connectivity index (χ1v) is 12.1. The maximum absolute atomic E-state index is 13.3. The molecule has 1 N–H and O–H groups in total. The fourth-order valence-electron chi connectivity index (χ4n) is 4.23. The number of methoxy groups -OCH3 is 2. The summed E-state index contributed by atoms with van der Waals surface area (Å²) in [7, 11) is 6.86. The Balaban J connectivity index is 2.13. The van der Waals surface area contributed by atoms with Gasteiger partial charge in [-0.2, -0.15) is 0 Å². The van der Waals surface area contributed by atoms with E-state index in [2.05, 4.69) is 6.92 Å². The second-order valence-corrected chi connectivity index (χ2v) is 9.09. The lowest BCUT2D eigenvalue weighted by molar-refractivity contribution is -0.140. The minimum absolute atomic E-state index is 0.0290. The topological polar surface area (TPSA) is 88.5 Å². The normalized spacial score (nSPS) is 17.1. The second-order valence-electron chi connectivity index (χ2n) is 9.09. The molecule has 1 aliphatic rings. The van der Waals surface area contributed by atoms with E-state index in [9.17, 15) is 14.7 Å². The Kier molecular flexibility index (Phi) is 8.98. The first-order valence-electron chi connectivity index (χ1n) is 12.1. The molecule has 1 fully saturated rings. The number of likely N-dealkylation sites (N-methyl/N-ethyl adjacent to an activating group) is 1. The standard InChI is InChI=1S/C28H36N2O6/c1-7-8-15-36-22-12-9-19(16-18(22)2)26(31)24-25(21-11-10-20(34-5)17-23(21)35-6)30(14-13-29(3)4)28(33)27(24)32/h9-12,16-17,25,31H,7-8,13-15H2,1-6H3/t25-/m1/s1. The van der Waals surface area contributed by atoms with Crippen LogP contribution in [0.5, 0.6) is 17.2 Å². The number of aryl methyl sites for hydroxylation is 1. The zero-order valence-corrected chi connectivity index (χ0v) is 22.0. The van der Waals surface area contributed by atoms with Crippen LogP contribution in [0.1, 0.15) is 42.5 Å². The lowest BCUT2D eigenvalue weighted by Crippen LogP contribution is -2.35. The van der Waals surface area contributed by atoms with Crippen molar-refractivity contribution in [3.8, 4) is 17.2 Å². The number of benzene rings is 2. The Labute approximate surface area is 213 Å². The molecule has 1 atom stereocenters. The molecule has 1 amide bonds. The SMILES string of the molecule is CCCCOc1ccc(C(O)=C2C(=O)C(=O)N(CCN(C)C)[C@@H]2c2ccc(OC)cc2OC)cc1C. The van der Waals surface area contributed by atoms with Gasteiger partial charge in [-0.1, -0.05) is 13.3 Å². The molecule has 1 heterocycles. The van der Waals surface area contributed by atoms with E-state index in [4.69, 9.17) is 14.2 Å². The van der Waals surface area contributed by atoms with Gasteiger partial charge in [0.25, 0.3) is 11.7 Å². The molecule has 0 radical (unpaired) electrons. The van der Waals surface area contributed by atoms with Crippen LogP contribution in [0.3, 0.4) is 0 Å². The second kappa shape index (κ2) is 11.9. The molecule has 36 heavy (non-hydrogen) atoms. The van der Waals surface area contributed by atoms with Crippen LogP contribution in [0.2, 0.25) is 0 Å². The molecule has 2 aromatic carbocycles. The molecule has 0 aliphatic carbocycles. The van der Waals surface area contributed by atoms with Crippen molar-refractivity contribution in [3.63, 3.8) is 0 Å². The van der Waals surface area contributed by atoms with Crippen LogP contribution >= 0.6 is 0 Å². The number of aliphatic hydroxyl groups is 1. The number of carbonyl (C=O) groups excluding carboxylic acids is 2. The van der Waals surface area contributed by atoms with Crippen molar-refractivity contribution in [2.45, 2.75) is 32.7 Å². The summed E-state index contributed by atoms with van der Waals surface area (Å²) >= 11 is 0. The van der Waals surface area contributed by atoms with E-state index >= 15 is 0 Å². The molecule has 3 rings (SSSR count). The van der Waals surface area contributed by atoms with E-state index in [1.165, 1.54) is 12.0 Å². The number of ether oxygens (including phenoxy) is 3. The third-order valence-corrected chi connectivity index (χ3v) is 6.27. The van der Waals surface area contributed by atoms with Gasteiger partial charge in [0.2, 0.25) is 0 Å². The molecule has 1 saturated heterocycles. The summed E-state index contributed by atoms with van der Waals surface area (Å²) < 4.78 is 16.7. The predicted molar refractivity (Wildman–Crippen MR) is 139 cm³/mol. The van der Waals surface area contributed by atoms with E-state index in [0.29, 0.717) is 42.3 Å². The molecular formula is C28H36N2O6. The van der Waals surface area contributed by atoms with Gasteiger partial charge in [-0.05, 0) is 63.3 Å². The zero-order valence-electron chi connectivity index (χ0n) is 22.0. The van der Waals surface area contributed by atoms with Crippen LogP contribution in [0.4, 0.5) is 0 Å². The number of Topliss-reactive ketones (excluding diaryl/α,β-unsaturated/α-hetero) is 1. The number of hydrogen-bond donors (Lipinski definition) is 1. The van der Waals surface area contributed by atoms with Crippen molar-refractivity contribution in [3.05, 3.63) is 58.7 Å². The summed E-state index contributed by atoms with van der Waals surface area (Å²) in [6.45, 7) is 5.44. The van der Waals surface area contributed by atoms with E-state index in [0.717, 1.165) is 24.2 Å². The first-order chi connectivity index (χ1) is 17.2. The van der Waals surface area contributed by atoms with Crippen LogP contribution in [-0.4, -0.2) is 74.6 Å². The van der Waals surface area contributed by atoms with Crippen molar-refractivity contribution in [1.29, 1.82) is 0 Å². The highest BCUT2D eigenvalue weighted by Crippen LogP contribution is 2.43. The van der Waals surface area contributed by atoms with Gasteiger partial charge in [0.05, 0.1) is 32.4 Å². The smallest absolute Gasteiger partial charge is 0.295 e. The minimum Gasteiger partial charge on any atom is -0.507 e. The minimum atomic E-state index is -0.813. The highest BCUT2D eigenvalue weighted by Gasteiger charge is 2.47. The number of amides is 1. The van der Waals surface area contributed by atoms with Crippen LogP contribution in [-0.2, 0) is 9.59 Å². The van der Waals surface area contributed by atoms with Gasteiger partial charge in [0.1, 0.15) is 23.0 Å². The summed E-state index contributed by atoms with van der Waals surface area (Å²) in [5, 5.41) is 11.4. The maximum atomic E-state index is 13.3. The van der Waals surface area contributed by atoms with Crippen molar-refractivity contribution in [1.82, 2.24) is 9.80 Å². The predicted octanol–water partition coefficient (Wildman–Crippen LogP) is 4.17. The molecule has 0 bridgehead atoms. The fraction of sp³-hybridized carbons (Fsp3) is 0.429. The lowest BCUT2D eigenvalue weighted by Gasteiger charge is -2.27. The summed E-state index contributed by atoms with van der Waals surface area (Å²) in [5.74, 6) is 0.146. The largest absolute Gasteiger partial charge is 0.507 e. The Morgan fingerprint density at radius 2 is 1.81 bits per heavy atom. The van der Waals surface area contributed by atoms with Crippen LogP contribution in [0.25, 0.3) is 5.76 Å². The van der Waals surface area contributed by atoms with Gasteiger partial charge in [0, 0.05) is 30.3 Å². The van der Waals surface area contributed by atoms with E-state index in [1.807, 2.05) is 25.9 Å². The molecule has 0 saturated carbocycles. The van der Waals surface area contributed by atoms with Crippen molar-refractivity contribution in [2.24, 2.45) is 0 Å². The van der Waals surface area contributed by atoms with Crippen molar-refractivity contribution >= 4 is 17.4 Å². The van der Waals surface area contributed by atoms with Gasteiger partial charge >= 0.3 is 0 Å². The van der Waals surface area contributed by atoms with Crippen molar-refractivity contribution in [2.75, 3.05) is 48.0 Å². The van der Waals surface area contributed by atoms with Gasteiger partial charge in [-0.15, -0.1) is 0 Å². The maximum Gasteiger partial charge on any atom is 0.295 e. The number of nitrogens with zero attached hydrogens (tertiary/aromatic N) is 2. The van der Waals surface area contributed by atoms with Crippen LogP contribution in [0, 0.1) is 6.92 Å². The third kappa shape index (κ3) is 5.65.